The van der Waals surface area contributed by atoms with Crippen molar-refractivity contribution in [3.05, 3.63) is 36.3 Å². The van der Waals surface area contributed by atoms with Crippen LogP contribution >= 0.6 is 0 Å². The number of aromatic amines is 1. The Morgan fingerprint density at radius 1 is 1.27 bits per heavy atom. The molecule has 0 amide bonds. The van der Waals surface area contributed by atoms with Crippen molar-refractivity contribution >= 4 is 37.9 Å². The first kappa shape index (κ1) is 20.6. The summed E-state index contributed by atoms with van der Waals surface area (Å²) in [5.74, 6) is 0.984. The number of aliphatic hydroxyl groups is 1. The monoisotopic (exact) mass is 468 g/mol. The average molecular weight is 469 g/mol. The molecule has 0 unspecified atom stereocenters. The molecule has 2 N–H and O–H groups in total. The third-order valence-corrected chi connectivity index (χ3v) is 8.49. The Morgan fingerprint density at radius 2 is 2.12 bits per heavy atom. The standard InChI is InChI=1S/C22H24N6O4S/c1-13-11-32-7-6-27(13)21-19-22(28(12-24-19)33(30,31)15-2-3-15)26-20(25-21)17-8-14(10-29)9-18-16(17)4-5-23-18/h4-5,8-9,12-13,15,23,29H,2-3,6-7,10-11H2,1H3/t13-/m1/s1. The number of benzene rings is 1. The van der Waals surface area contributed by atoms with Crippen molar-refractivity contribution in [1.29, 1.82) is 0 Å². The largest absolute Gasteiger partial charge is 0.392 e. The molecule has 1 saturated carbocycles. The number of fused-ring (bicyclic) bond motifs is 2. The van der Waals surface area contributed by atoms with E-state index >= 15 is 0 Å². The highest BCUT2D eigenvalue weighted by molar-refractivity contribution is 7.91. The summed E-state index contributed by atoms with van der Waals surface area (Å²) in [6.45, 7) is 3.62. The third kappa shape index (κ3) is 3.30. The molecule has 4 aromatic rings. The Hall–Kier alpha value is -3.02. The first-order valence-electron chi connectivity index (χ1n) is 11.0. The molecule has 2 fully saturated rings. The Morgan fingerprint density at radius 3 is 2.88 bits per heavy atom. The minimum absolute atomic E-state index is 0.0472. The van der Waals surface area contributed by atoms with Crippen LogP contribution in [0.25, 0.3) is 33.5 Å². The van der Waals surface area contributed by atoms with E-state index in [0.717, 1.165) is 16.5 Å². The molecule has 6 rings (SSSR count). The van der Waals surface area contributed by atoms with Gasteiger partial charge in [0.15, 0.2) is 22.8 Å². The van der Waals surface area contributed by atoms with E-state index in [1.54, 1.807) is 0 Å². The van der Waals surface area contributed by atoms with Gasteiger partial charge < -0.3 is 19.7 Å². The molecule has 0 spiro atoms. The molecule has 1 aliphatic heterocycles. The van der Waals surface area contributed by atoms with Gasteiger partial charge >= 0.3 is 0 Å². The van der Waals surface area contributed by atoms with Crippen molar-refractivity contribution in [1.82, 2.24) is 23.9 Å². The molecule has 4 heterocycles. The molecule has 1 aliphatic carbocycles. The van der Waals surface area contributed by atoms with Crippen LogP contribution < -0.4 is 4.90 Å². The van der Waals surface area contributed by atoms with Gasteiger partial charge in [-0.3, -0.25) is 0 Å². The van der Waals surface area contributed by atoms with Gasteiger partial charge in [-0.1, -0.05) is 0 Å². The van der Waals surface area contributed by atoms with Gasteiger partial charge in [0.2, 0.25) is 10.0 Å². The van der Waals surface area contributed by atoms with E-state index < -0.39 is 15.3 Å². The predicted octanol–water partition coefficient (Wildman–Crippen LogP) is 2.03. The topological polar surface area (TPSA) is 126 Å². The lowest BCUT2D eigenvalue weighted by molar-refractivity contribution is 0.0987. The summed E-state index contributed by atoms with van der Waals surface area (Å²) in [4.78, 5) is 19.4. The molecule has 1 atom stereocenters. The third-order valence-electron chi connectivity index (χ3n) is 6.36. The van der Waals surface area contributed by atoms with E-state index in [2.05, 4.69) is 14.9 Å². The molecule has 1 saturated heterocycles. The number of nitrogens with one attached hydrogen (secondary N) is 1. The van der Waals surface area contributed by atoms with Crippen LogP contribution in [0.5, 0.6) is 0 Å². The number of anilines is 1. The molecule has 1 aromatic carbocycles. The fraction of sp³-hybridized carbons (Fsp3) is 0.409. The molecule has 10 nitrogen and oxygen atoms in total. The van der Waals surface area contributed by atoms with Gasteiger partial charge in [0.05, 0.1) is 31.1 Å². The van der Waals surface area contributed by atoms with Gasteiger partial charge in [-0.15, -0.1) is 0 Å². The number of nitrogens with zero attached hydrogens (tertiary/aromatic N) is 5. The van der Waals surface area contributed by atoms with Gasteiger partial charge in [0, 0.05) is 29.2 Å². The molecule has 0 radical (unpaired) electrons. The second kappa shape index (κ2) is 7.51. The van der Waals surface area contributed by atoms with Gasteiger partial charge in [-0.05, 0) is 43.5 Å². The van der Waals surface area contributed by atoms with Crippen molar-refractivity contribution < 1.29 is 18.3 Å². The normalized spacial score (nSPS) is 19.6. The summed E-state index contributed by atoms with van der Waals surface area (Å²) in [6.07, 6.45) is 4.47. The van der Waals surface area contributed by atoms with Gasteiger partial charge in [-0.25, -0.2) is 27.3 Å². The van der Waals surface area contributed by atoms with Crippen LogP contribution in [-0.4, -0.2) is 68.5 Å². The second-order valence-corrected chi connectivity index (χ2v) is 10.8. The fourth-order valence-electron chi connectivity index (χ4n) is 4.44. The molecular formula is C22H24N6O4S. The summed E-state index contributed by atoms with van der Waals surface area (Å²) < 4.78 is 33.1. The number of hydrogen-bond donors (Lipinski definition) is 2. The van der Waals surface area contributed by atoms with E-state index in [0.29, 0.717) is 55.3 Å². The minimum atomic E-state index is -3.58. The molecule has 11 heteroatoms. The molecular weight excluding hydrogens is 444 g/mol. The van der Waals surface area contributed by atoms with Crippen LogP contribution in [-0.2, 0) is 21.4 Å². The maximum absolute atomic E-state index is 13.1. The Labute approximate surface area is 190 Å². The highest BCUT2D eigenvalue weighted by Gasteiger charge is 2.39. The van der Waals surface area contributed by atoms with Crippen LogP contribution in [0.3, 0.4) is 0 Å². The van der Waals surface area contributed by atoms with Gasteiger partial charge in [-0.2, -0.15) is 0 Å². The molecule has 33 heavy (non-hydrogen) atoms. The Bertz CT molecular complexity index is 1470. The first-order chi connectivity index (χ1) is 16.0. The summed E-state index contributed by atoms with van der Waals surface area (Å²) in [5, 5.41) is 10.3. The van der Waals surface area contributed by atoms with Gasteiger partial charge in [0.25, 0.3) is 0 Å². The SMILES string of the molecule is C[C@@H]1COCCN1c1nc(-c2cc(CO)cc3[nH]ccc23)nc2c1ncn2S(=O)(=O)C1CC1. The zero-order valence-corrected chi connectivity index (χ0v) is 18.9. The maximum Gasteiger partial charge on any atom is 0.244 e. The highest BCUT2D eigenvalue weighted by Crippen LogP contribution is 2.36. The zero-order valence-electron chi connectivity index (χ0n) is 18.1. The zero-order chi connectivity index (χ0) is 22.7. The minimum Gasteiger partial charge on any atom is -0.392 e. The van der Waals surface area contributed by atoms with Crippen molar-refractivity contribution in [2.24, 2.45) is 0 Å². The quantitative estimate of drug-likeness (QED) is 0.456. The number of H-pyrrole nitrogens is 1. The van der Waals surface area contributed by atoms with E-state index in [4.69, 9.17) is 14.7 Å². The van der Waals surface area contributed by atoms with Gasteiger partial charge in [0.1, 0.15) is 6.33 Å². The summed E-state index contributed by atoms with van der Waals surface area (Å²) in [5.41, 5.74) is 3.02. The van der Waals surface area contributed by atoms with Crippen molar-refractivity contribution in [2.75, 3.05) is 24.7 Å². The van der Waals surface area contributed by atoms with Crippen LogP contribution in [0.15, 0.2) is 30.7 Å². The smallest absolute Gasteiger partial charge is 0.244 e. The fourth-order valence-corrected chi connectivity index (χ4v) is 6.04. The number of hydrogen-bond acceptors (Lipinski definition) is 8. The van der Waals surface area contributed by atoms with Crippen LogP contribution in [0.2, 0.25) is 0 Å². The van der Waals surface area contributed by atoms with E-state index in [1.165, 1.54) is 10.3 Å². The number of imidazole rings is 1. The number of morpholine rings is 1. The lowest BCUT2D eigenvalue weighted by atomic mass is 10.1. The number of aliphatic hydroxyl groups excluding tert-OH is 1. The lowest BCUT2D eigenvalue weighted by Crippen LogP contribution is -2.44. The lowest BCUT2D eigenvalue weighted by Gasteiger charge is -2.34. The molecule has 172 valence electrons. The summed E-state index contributed by atoms with van der Waals surface area (Å²) >= 11 is 0. The summed E-state index contributed by atoms with van der Waals surface area (Å²) in [7, 11) is -3.58. The summed E-state index contributed by atoms with van der Waals surface area (Å²) in [6, 6.07) is 5.70. The van der Waals surface area contributed by atoms with Crippen molar-refractivity contribution in [3.8, 4) is 11.4 Å². The average Bonchev–Trinajstić information content (AvgIpc) is 3.43. The molecule has 2 aliphatic rings. The maximum atomic E-state index is 13.1. The molecule has 3 aromatic heterocycles. The highest BCUT2D eigenvalue weighted by atomic mass is 32.2. The van der Waals surface area contributed by atoms with E-state index in [-0.39, 0.29) is 18.3 Å². The predicted molar refractivity (Wildman–Crippen MR) is 124 cm³/mol. The van der Waals surface area contributed by atoms with E-state index in [1.807, 2.05) is 31.3 Å². The van der Waals surface area contributed by atoms with Crippen molar-refractivity contribution in [3.63, 3.8) is 0 Å². The van der Waals surface area contributed by atoms with Crippen LogP contribution in [0, 0.1) is 0 Å². The second-order valence-electron chi connectivity index (χ2n) is 8.69. The van der Waals surface area contributed by atoms with Crippen molar-refractivity contribution in [2.45, 2.75) is 37.7 Å². The Kier molecular flexibility index (Phi) is 4.68. The number of ether oxygens (including phenoxy) is 1. The number of aromatic nitrogens is 5. The van der Waals surface area contributed by atoms with Crippen LogP contribution in [0.1, 0.15) is 25.3 Å². The Balaban J connectivity index is 1.64. The number of rotatable bonds is 5. The van der Waals surface area contributed by atoms with Crippen LogP contribution in [0.4, 0.5) is 5.82 Å². The van der Waals surface area contributed by atoms with E-state index in [9.17, 15) is 13.5 Å². The first-order valence-corrected chi connectivity index (χ1v) is 12.5. The molecule has 0 bridgehead atoms.